The molecule has 1 aromatic rings. The van der Waals surface area contributed by atoms with Crippen LogP contribution in [0.15, 0.2) is 23.2 Å². The van der Waals surface area contributed by atoms with Gasteiger partial charge in [-0.1, -0.05) is 0 Å². The van der Waals surface area contributed by atoms with Gasteiger partial charge in [0.25, 0.3) is 11.7 Å². The monoisotopic (exact) mass is 393 g/mol. The van der Waals surface area contributed by atoms with Crippen LogP contribution in [-0.2, 0) is 15.0 Å². The summed E-state index contributed by atoms with van der Waals surface area (Å²) in [4.78, 5) is 24.8. The number of fused-ring (bicyclic) bond motifs is 1. The third-order valence-corrected chi connectivity index (χ3v) is 4.33. The number of carboxylic acid groups (broad SMARTS) is 1. The number of halogens is 4. The summed E-state index contributed by atoms with van der Waals surface area (Å²) in [7, 11) is 0. The second-order valence-corrected chi connectivity index (χ2v) is 5.88. The van der Waals surface area contributed by atoms with Crippen LogP contribution < -0.4 is 5.32 Å². The van der Waals surface area contributed by atoms with Gasteiger partial charge >= 0.3 is 12.3 Å². The maximum Gasteiger partial charge on any atom is 0.415 e. The topological polar surface area (TPSA) is 123 Å². The number of nitro benzene ring substituents is 1. The van der Waals surface area contributed by atoms with Gasteiger partial charge in [-0.3, -0.25) is 10.1 Å². The number of nitro groups is 1. The van der Waals surface area contributed by atoms with E-state index in [0.29, 0.717) is 0 Å². The van der Waals surface area contributed by atoms with E-state index in [1.165, 1.54) is 0 Å². The predicted molar refractivity (Wildman–Crippen MR) is 78.6 cm³/mol. The van der Waals surface area contributed by atoms with Gasteiger partial charge in [0.05, 0.1) is 24.1 Å². The number of ether oxygens (including phenoxy) is 2. The molecule has 13 heteroatoms. The first-order valence-corrected chi connectivity index (χ1v) is 7.40. The van der Waals surface area contributed by atoms with Gasteiger partial charge in [-0.15, -0.1) is 0 Å². The van der Waals surface area contributed by atoms with Crippen molar-refractivity contribution in [3.8, 4) is 0 Å². The summed E-state index contributed by atoms with van der Waals surface area (Å²) in [6, 6.07) is 1.68. The van der Waals surface area contributed by atoms with Crippen molar-refractivity contribution in [2.24, 2.45) is 10.9 Å². The van der Waals surface area contributed by atoms with Gasteiger partial charge in [-0.2, -0.15) is 13.2 Å². The number of benzene rings is 1. The van der Waals surface area contributed by atoms with E-state index in [-0.39, 0.29) is 0 Å². The van der Waals surface area contributed by atoms with E-state index in [9.17, 15) is 32.5 Å². The van der Waals surface area contributed by atoms with Crippen molar-refractivity contribution in [2.45, 2.75) is 17.8 Å². The minimum absolute atomic E-state index is 0.513. The predicted octanol–water partition coefficient (Wildman–Crippen LogP) is 2.16. The number of carbonyl (C=O) groups is 1. The Balaban J connectivity index is 2.17. The lowest BCUT2D eigenvalue weighted by molar-refractivity contribution is -0.385. The molecule has 0 spiro atoms. The SMILES string of the molecule is O=C(O)NC1=N[C@@]2(c3cc([N+](=O)[O-])ccc3F)CO[C@H](C(F)(F)F)[C@H]2CO1. The molecular weight excluding hydrogens is 382 g/mol. The van der Waals surface area contributed by atoms with Crippen LogP contribution in [0, 0.1) is 21.8 Å². The smallest absolute Gasteiger partial charge is 0.415 e. The molecule has 1 saturated heterocycles. The average molecular weight is 393 g/mol. The van der Waals surface area contributed by atoms with E-state index in [1.807, 2.05) is 0 Å². The molecule has 1 aromatic carbocycles. The molecule has 3 atom stereocenters. The largest absolute Gasteiger partial charge is 0.465 e. The van der Waals surface area contributed by atoms with Gasteiger partial charge in [-0.25, -0.2) is 19.5 Å². The zero-order chi connectivity index (χ0) is 20.0. The molecule has 2 aliphatic rings. The zero-order valence-corrected chi connectivity index (χ0v) is 13.2. The molecule has 0 aromatic heterocycles. The van der Waals surface area contributed by atoms with Crippen LogP contribution in [0.5, 0.6) is 0 Å². The highest BCUT2D eigenvalue weighted by Gasteiger charge is 2.63. The minimum Gasteiger partial charge on any atom is -0.465 e. The molecule has 2 N–H and O–H groups in total. The van der Waals surface area contributed by atoms with Gasteiger partial charge in [0.2, 0.25) is 0 Å². The Morgan fingerprint density at radius 1 is 1.44 bits per heavy atom. The number of hydrogen-bond acceptors (Lipinski definition) is 6. The number of nitrogens with zero attached hydrogens (tertiary/aromatic N) is 2. The Morgan fingerprint density at radius 3 is 2.74 bits per heavy atom. The van der Waals surface area contributed by atoms with E-state index in [1.54, 1.807) is 5.32 Å². The van der Waals surface area contributed by atoms with Gasteiger partial charge < -0.3 is 14.6 Å². The number of rotatable bonds is 2. The summed E-state index contributed by atoms with van der Waals surface area (Å²) in [6.45, 7) is -1.46. The Hall–Kier alpha value is -2.96. The summed E-state index contributed by atoms with van der Waals surface area (Å²) < 4.78 is 64.1. The number of amides is 1. The maximum atomic E-state index is 14.5. The molecule has 27 heavy (non-hydrogen) atoms. The van der Waals surface area contributed by atoms with Crippen LogP contribution in [0.4, 0.5) is 28.0 Å². The summed E-state index contributed by atoms with van der Waals surface area (Å²) >= 11 is 0. The first-order valence-electron chi connectivity index (χ1n) is 7.40. The molecule has 0 saturated carbocycles. The number of nitrogens with one attached hydrogen (secondary N) is 1. The van der Waals surface area contributed by atoms with Crippen LogP contribution in [0.2, 0.25) is 0 Å². The summed E-state index contributed by atoms with van der Waals surface area (Å²) in [5.74, 6) is -2.62. The van der Waals surface area contributed by atoms with Crippen LogP contribution in [0.25, 0.3) is 0 Å². The Kier molecular flexibility index (Phi) is 4.41. The molecule has 3 rings (SSSR count). The Morgan fingerprint density at radius 2 is 2.15 bits per heavy atom. The molecule has 0 radical (unpaired) electrons. The quantitative estimate of drug-likeness (QED) is 0.451. The van der Waals surface area contributed by atoms with Gasteiger partial charge in [-0.05, 0) is 6.07 Å². The highest BCUT2D eigenvalue weighted by Crippen LogP contribution is 2.50. The third kappa shape index (κ3) is 3.25. The lowest BCUT2D eigenvalue weighted by Gasteiger charge is -2.36. The van der Waals surface area contributed by atoms with Crippen molar-refractivity contribution in [3.63, 3.8) is 0 Å². The molecule has 0 unspecified atom stereocenters. The van der Waals surface area contributed by atoms with E-state index in [4.69, 9.17) is 14.6 Å². The molecule has 1 fully saturated rings. The Bertz CT molecular complexity index is 830. The average Bonchev–Trinajstić information content (AvgIpc) is 2.94. The van der Waals surface area contributed by atoms with Crippen LogP contribution in [0.1, 0.15) is 5.56 Å². The molecule has 2 heterocycles. The Labute approximate surface area is 147 Å². The highest BCUT2D eigenvalue weighted by atomic mass is 19.4. The minimum atomic E-state index is -4.83. The number of non-ortho nitro benzene ring substituents is 1. The van der Waals surface area contributed by atoms with Gasteiger partial charge in [0, 0.05) is 17.7 Å². The van der Waals surface area contributed by atoms with Crippen molar-refractivity contribution in [2.75, 3.05) is 13.2 Å². The molecule has 9 nitrogen and oxygen atoms in total. The van der Waals surface area contributed by atoms with E-state index in [2.05, 4.69) is 4.99 Å². The first-order chi connectivity index (χ1) is 12.5. The van der Waals surface area contributed by atoms with Crippen LogP contribution >= 0.6 is 0 Å². The molecule has 1 amide bonds. The molecule has 0 bridgehead atoms. The van der Waals surface area contributed by atoms with Crippen molar-refractivity contribution in [1.82, 2.24) is 5.32 Å². The maximum absolute atomic E-state index is 14.5. The molecular formula is C14H11F4N3O6. The summed E-state index contributed by atoms with van der Waals surface area (Å²) in [5.41, 5.74) is -3.13. The standard InChI is InChI=1S/C14H11F4N3O6/c15-9-2-1-6(21(24)25)3-7(9)13-5-27-10(14(16,17)18)8(13)4-26-11(20-13)19-12(22)23/h1-3,8,10H,4-5H2,(H,19,20)(H,22,23)/t8-,10+,13-/m1/s1. The van der Waals surface area contributed by atoms with Crippen LogP contribution in [0.3, 0.4) is 0 Å². The fraction of sp³-hybridized carbons (Fsp3) is 0.429. The number of hydrogen-bond donors (Lipinski definition) is 2. The first kappa shape index (κ1) is 18.8. The highest BCUT2D eigenvalue weighted by molar-refractivity contribution is 5.90. The van der Waals surface area contributed by atoms with E-state index >= 15 is 0 Å². The van der Waals surface area contributed by atoms with Crippen molar-refractivity contribution >= 4 is 17.8 Å². The van der Waals surface area contributed by atoms with Crippen molar-refractivity contribution < 1.29 is 41.9 Å². The van der Waals surface area contributed by atoms with Crippen molar-refractivity contribution in [1.29, 1.82) is 0 Å². The van der Waals surface area contributed by atoms with E-state index in [0.717, 1.165) is 18.2 Å². The lowest BCUT2D eigenvalue weighted by atomic mass is 9.77. The van der Waals surface area contributed by atoms with Gasteiger partial charge in [0.15, 0.2) is 6.10 Å². The summed E-state index contributed by atoms with van der Waals surface area (Å²) in [6.07, 6.45) is -8.81. The van der Waals surface area contributed by atoms with Gasteiger partial charge in [0.1, 0.15) is 11.4 Å². The normalized spacial score (nSPS) is 27.3. The van der Waals surface area contributed by atoms with Crippen molar-refractivity contribution in [3.05, 3.63) is 39.7 Å². The van der Waals surface area contributed by atoms with E-state index < -0.39 is 71.1 Å². The summed E-state index contributed by atoms with van der Waals surface area (Å²) in [5, 5.41) is 21.5. The zero-order valence-electron chi connectivity index (χ0n) is 13.2. The number of amidine groups is 1. The molecule has 146 valence electrons. The second-order valence-electron chi connectivity index (χ2n) is 5.88. The fourth-order valence-electron chi connectivity index (χ4n) is 3.19. The molecule has 0 aliphatic carbocycles. The number of alkyl halides is 3. The fourth-order valence-corrected chi connectivity index (χ4v) is 3.19. The third-order valence-electron chi connectivity index (χ3n) is 4.33. The van der Waals surface area contributed by atoms with Crippen LogP contribution in [-0.4, -0.2) is 47.6 Å². The number of aliphatic imine (C=N–C) groups is 1. The molecule has 2 aliphatic heterocycles. The lowest BCUT2D eigenvalue weighted by Crippen LogP contribution is -2.50. The second kappa shape index (κ2) is 6.33.